The number of nitrogens with one attached hydrogen (secondary N) is 2. The van der Waals surface area contributed by atoms with Gasteiger partial charge in [0, 0.05) is 23.2 Å². The summed E-state index contributed by atoms with van der Waals surface area (Å²) < 4.78 is 0. The van der Waals surface area contributed by atoms with Crippen LogP contribution in [0, 0.1) is 0 Å². The quantitative estimate of drug-likeness (QED) is 0.607. The average molecular weight is 319 g/mol. The Bertz CT molecular complexity index is 890. The maximum Gasteiger partial charge on any atom is 0.248 e. The normalized spacial score (nSPS) is 10.3. The van der Waals surface area contributed by atoms with Crippen LogP contribution in [0.4, 0.5) is 17.5 Å². The summed E-state index contributed by atoms with van der Waals surface area (Å²) in [5.74, 6) is 0.739. The molecule has 1 heterocycles. The molecular formula is C18H17N5O. The number of hydrogen-bond donors (Lipinski definition) is 3. The van der Waals surface area contributed by atoms with E-state index in [1.54, 1.807) is 30.3 Å². The lowest BCUT2D eigenvalue weighted by atomic mass is 10.2. The second-order valence-electron chi connectivity index (χ2n) is 5.15. The molecule has 0 saturated carbocycles. The van der Waals surface area contributed by atoms with E-state index in [0.717, 1.165) is 22.4 Å². The highest BCUT2D eigenvalue weighted by Gasteiger charge is 2.07. The lowest BCUT2D eigenvalue weighted by molar-refractivity contribution is 0.100. The summed E-state index contributed by atoms with van der Waals surface area (Å²) in [5, 5.41) is 7.29. The SMILES string of the molecule is C=CCNc1nc(Nc2ccc(C(N)=O)cc2)nc2ccccc12. The van der Waals surface area contributed by atoms with Crippen molar-refractivity contribution in [1.82, 2.24) is 9.97 Å². The zero-order valence-corrected chi connectivity index (χ0v) is 13.0. The van der Waals surface area contributed by atoms with Crippen LogP contribution in [0.3, 0.4) is 0 Å². The van der Waals surface area contributed by atoms with Gasteiger partial charge in [0.15, 0.2) is 0 Å². The Morgan fingerprint density at radius 2 is 1.88 bits per heavy atom. The number of aromatic nitrogens is 2. The van der Waals surface area contributed by atoms with Gasteiger partial charge in [0.2, 0.25) is 11.9 Å². The second kappa shape index (κ2) is 6.78. The predicted molar refractivity (Wildman–Crippen MR) is 96.5 cm³/mol. The van der Waals surface area contributed by atoms with Crippen LogP contribution in [0.25, 0.3) is 10.9 Å². The van der Waals surface area contributed by atoms with Crippen molar-refractivity contribution in [2.45, 2.75) is 0 Å². The Labute approximate surface area is 139 Å². The molecular weight excluding hydrogens is 302 g/mol. The number of rotatable bonds is 6. The summed E-state index contributed by atoms with van der Waals surface area (Å²) in [4.78, 5) is 20.2. The van der Waals surface area contributed by atoms with E-state index in [-0.39, 0.29) is 0 Å². The van der Waals surface area contributed by atoms with Crippen LogP contribution >= 0.6 is 0 Å². The lowest BCUT2D eigenvalue weighted by Crippen LogP contribution is -2.10. The molecule has 3 aromatic rings. The van der Waals surface area contributed by atoms with Crippen molar-refractivity contribution in [1.29, 1.82) is 0 Å². The van der Waals surface area contributed by atoms with Crippen molar-refractivity contribution in [2.24, 2.45) is 5.73 Å². The van der Waals surface area contributed by atoms with E-state index in [4.69, 9.17) is 5.73 Å². The Morgan fingerprint density at radius 3 is 2.58 bits per heavy atom. The van der Waals surface area contributed by atoms with Crippen molar-refractivity contribution >= 4 is 34.3 Å². The standard InChI is InChI=1S/C18H17N5O/c1-2-11-20-17-14-5-3-4-6-15(14)22-18(23-17)21-13-9-7-12(8-10-13)16(19)24/h2-10H,1,11H2,(H2,19,24)(H2,20,21,22,23). The first kappa shape index (κ1) is 15.5. The fraction of sp³-hybridized carbons (Fsp3) is 0.0556. The van der Waals surface area contributed by atoms with Crippen LogP contribution in [0.5, 0.6) is 0 Å². The minimum Gasteiger partial charge on any atom is -0.366 e. The van der Waals surface area contributed by atoms with E-state index in [2.05, 4.69) is 27.2 Å². The van der Waals surface area contributed by atoms with Gasteiger partial charge in [-0.25, -0.2) is 4.98 Å². The van der Waals surface area contributed by atoms with Crippen LogP contribution in [0.2, 0.25) is 0 Å². The zero-order chi connectivity index (χ0) is 16.9. The number of carbonyl (C=O) groups is 1. The number of nitrogens with two attached hydrogens (primary N) is 1. The number of para-hydroxylation sites is 1. The molecule has 0 radical (unpaired) electrons. The third-order valence-electron chi connectivity index (χ3n) is 3.44. The summed E-state index contributed by atoms with van der Waals surface area (Å²) in [6.07, 6.45) is 1.77. The topological polar surface area (TPSA) is 92.9 Å². The van der Waals surface area contributed by atoms with Gasteiger partial charge in [-0.3, -0.25) is 4.79 Å². The molecule has 0 unspecified atom stereocenters. The first-order chi connectivity index (χ1) is 11.7. The van der Waals surface area contributed by atoms with Crippen LogP contribution in [0.15, 0.2) is 61.2 Å². The van der Waals surface area contributed by atoms with Crippen LogP contribution < -0.4 is 16.4 Å². The van der Waals surface area contributed by atoms with Crippen LogP contribution in [-0.2, 0) is 0 Å². The summed E-state index contributed by atoms with van der Waals surface area (Å²) in [5.41, 5.74) is 7.29. The van der Waals surface area contributed by atoms with Crippen LogP contribution in [0.1, 0.15) is 10.4 Å². The highest BCUT2D eigenvalue weighted by atomic mass is 16.1. The fourth-order valence-corrected chi connectivity index (χ4v) is 2.28. The third kappa shape index (κ3) is 3.33. The molecule has 120 valence electrons. The van der Waals surface area contributed by atoms with Gasteiger partial charge in [0.1, 0.15) is 5.82 Å². The average Bonchev–Trinajstić information content (AvgIpc) is 2.60. The smallest absolute Gasteiger partial charge is 0.248 e. The van der Waals surface area contributed by atoms with Crippen molar-refractivity contribution in [3.63, 3.8) is 0 Å². The molecule has 0 bridgehead atoms. The van der Waals surface area contributed by atoms with Gasteiger partial charge in [-0.15, -0.1) is 6.58 Å². The Balaban J connectivity index is 1.93. The zero-order valence-electron chi connectivity index (χ0n) is 13.0. The number of anilines is 3. The van der Waals surface area contributed by atoms with Gasteiger partial charge in [-0.1, -0.05) is 18.2 Å². The molecule has 0 aliphatic heterocycles. The molecule has 6 heteroatoms. The maximum absolute atomic E-state index is 11.1. The van der Waals surface area contributed by atoms with E-state index in [1.165, 1.54) is 0 Å². The molecule has 0 spiro atoms. The third-order valence-corrected chi connectivity index (χ3v) is 3.44. The maximum atomic E-state index is 11.1. The molecule has 1 aromatic heterocycles. The summed E-state index contributed by atoms with van der Waals surface area (Å²) in [6.45, 7) is 4.31. The summed E-state index contributed by atoms with van der Waals surface area (Å²) in [7, 11) is 0. The van der Waals surface area contributed by atoms with E-state index >= 15 is 0 Å². The molecule has 24 heavy (non-hydrogen) atoms. The van der Waals surface area contributed by atoms with E-state index in [0.29, 0.717) is 18.1 Å². The number of amides is 1. The highest BCUT2D eigenvalue weighted by molar-refractivity contribution is 5.93. The van der Waals surface area contributed by atoms with Gasteiger partial charge in [-0.05, 0) is 36.4 Å². The Hall–Kier alpha value is -3.41. The van der Waals surface area contributed by atoms with E-state index in [9.17, 15) is 4.79 Å². The molecule has 0 fully saturated rings. The van der Waals surface area contributed by atoms with Gasteiger partial charge >= 0.3 is 0 Å². The monoisotopic (exact) mass is 319 g/mol. The minimum absolute atomic E-state index is 0.452. The molecule has 1 amide bonds. The molecule has 0 aliphatic rings. The number of nitrogens with zero attached hydrogens (tertiary/aromatic N) is 2. The molecule has 0 saturated heterocycles. The summed E-state index contributed by atoms with van der Waals surface area (Å²) in [6, 6.07) is 14.6. The molecule has 0 atom stereocenters. The van der Waals surface area contributed by atoms with E-state index < -0.39 is 5.91 Å². The second-order valence-corrected chi connectivity index (χ2v) is 5.15. The van der Waals surface area contributed by atoms with Crippen molar-refractivity contribution in [2.75, 3.05) is 17.2 Å². The largest absolute Gasteiger partial charge is 0.366 e. The van der Waals surface area contributed by atoms with E-state index in [1.807, 2.05) is 24.3 Å². The molecule has 3 rings (SSSR count). The Kier molecular flexibility index (Phi) is 4.38. The van der Waals surface area contributed by atoms with Gasteiger partial charge in [0.05, 0.1) is 5.52 Å². The number of primary amides is 1. The predicted octanol–water partition coefficient (Wildman–Crippen LogP) is 3.07. The van der Waals surface area contributed by atoms with Crippen molar-refractivity contribution in [3.8, 4) is 0 Å². The highest BCUT2D eigenvalue weighted by Crippen LogP contribution is 2.23. The molecule has 2 aromatic carbocycles. The van der Waals surface area contributed by atoms with Crippen LogP contribution in [-0.4, -0.2) is 22.4 Å². The fourth-order valence-electron chi connectivity index (χ4n) is 2.28. The molecule has 6 nitrogen and oxygen atoms in total. The number of hydrogen-bond acceptors (Lipinski definition) is 5. The minimum atomic E-state index is -0.459. The molecule has 0 aliphatic carbocycles. The molecule has 4 N–H and O–H groups in total. The summed E-state index contributed by atoms with van der Waals surface area (Å²) >= 11 is 0. The number of fused-ring (bicyclic) bond motifs is 1. The lowest BCUT2D eigenvalue weighted by Gasteiger charge is -2.11. The first-order valence-electron chi connectivity index (χ1n) is 7.46. The first-order valence-corrected chi connectivity index (χ1v) is 7.46. The van der Waals surface area contributed by atoms with Crippen molar-refractivity contribution in [3.05, 3.63) is 66.7 Å². The van der Waals surface area contributed by atoms with Gasteiger partial charge in [-0.2, -0.15) is 4.98 Å². The van der Waals surface area contributed by atoms with Crippen molar-refractivity contribution < 1.29 is 4.79 Å². The number of benzene rings is 2. The van der Waals surface area contributed by atoms with Gasteiger partial charge < -0.3 is 16.4 Å². The Morgan fingerprint density at radius 1 is 1.12 bits per heavy atom. The van der Waals surface area contributed by atoms with Gasteiger partial charge in [0.25, 0.3) is 0 Å². The number of carbonyl (C=O) groups excluding carboxylic acids is 1.